The molecular weight excluding hydrogens is 343 g/mol. The molecule has 0 saturated carbocycles. The third-order valence-corrected chi connectivity index (χ3v) is 4.44. The molecular formula is C11H16N6O3Se. The molecule has 2 rings (SSSR count). The van der Waals surface area contributed by atoms with Gasteiger partial charge in [0.2, 0.25) is 0 Å². The number of hydrogen-bond donors (Lipinski definition) is 3. The van der Waals surface area contributed by atoms with Crippen LogP contribution in [0.15, 0.2) is 6.33 Å². The van der Waals surface area contributed by atoms with E-state index in [4.69, 9.17) is 26.7 Å². The quantitative estimate of drug-likeness (QED) is 0.408. The summed E-state index contributed by atoms with van der Waals surface area (Å²) in [4.78, 5) is 18.9. The first-order chi connectivity index (χ1) is 10.1. The van der Waals surface area contributed by atoms with E-state index in [1.807, 2.05) is 0 Å². The van der Waals surface area contributed by atoms with Gasteiger partial charge in [0.1, 0.15) is 0 Å². The zero-order chi connectivity index (χ0) is 15.4. The van der Waals surface area contributed by atoms with Crippen LogP contribution in [0, 0.1) is 0 Å². The maximum absolute atomic E-state index is 11.2. The number of nitrogens with two attached hydrogens (primary N) is 3. The van der Waals surface area contributed by atoms with Crippen LogP contribution in [-0.2, 0) is 16.2 Å². The zero-order valence-electron chi connectivity index (χ0n) is 11.4. The molecule has 9 nitrogen and oxygen atoms in total. The number of aromatic nitrogens is 3. The molecule has 10 heteroatoms. The van der Waals surface area contributed by atoms with E-state index in [1.165, 1.54) is 6.33 Å². The van der Waals surface area contributed by atoms with Crippen LogP contribution >= 0.6 is 0 Å². The summed E-state index contributed by atoms with van der Waals surface area (Å²) in [6.45, 7) is 1.05. The Hall–Kier alpha value is -1.87. The molecule has 0 bridgehead atoms. The molecule has 0 aliphatic carbocycles. The van der Waals surface area contributed by atoms with Crippen LogP contribution in [0.25, 0.3) is 11.0 Å². The van der Waals surface area contributed by atoms with Gasteiger partial charge in [0.05, 0.1) is 0 Å². The van der Waals surface area contributed by atoms with Crippen molar-refractivity contribution in [1.82, 2.24) is 14.5 Å². The first-order valence-electron chi connectivity index (χ1n) is 5.98. The summed E-state index contributed by atoms with van der Waals surface area (Å²) >= 11 is -0.654. The number of nitrogen functional groups attached to an aromatic ring is 2. The predicted octanol–water partition coefficient (Wildman–Crippen LogP) is -1.38. The van der Waals surface area contributed by atoms with Crippen LogP contribution in [0.1, 0.15) is 0 Å². The number of rotatable bonds is 7. The molecule has 0 spiro atoms. The van der Waals surface area contributed by atoms with Crippen LogP contribution in [0.3, 0.4) is 0 Å². The predicted molar refractivity (Wildman–Crippen MR) is 79.2 cm³/mol. The Morgan fingerprint density at radius 2 is 2.14 bits per heavy atom. The van der Waals surface area contributed by atoms with E-state index in [2.05, 4.69) is 9.97 Å². The van der Waals surface area contributed by atoms with E-state index < -0.39 is 19.8 Å². The molecule has 0 aliphatic rings. The number of fused-ring (bicyclic) bond motifs is 1. The molecule has 0 saturated heterocycles. The van der Waals surface area contributed by atoms with Gasteiger partial charge in [-0.1, -0.05) is 0 Å². The second-order valence-corrected chi connectivity index (χ2v) is 6.18. The van der Waals surface area contributed by atoms with Crippen molar-refractivity contribution in [3.8, 4) is 0 Å². The molecule has 2 aromatic rings. The molecule has 2 aromatic heterocycles. The molecule has 114 valence electrons. The Bertz CT molecular complexity index is 659. The van der Waals surface area contributed by atoms with E-state index in [-0.39, 0.29) is 12.5 Å². The number of ether oxygens (including phenoxy) is 2. The summed E-state index contributed by atoms with van der Waals surface area (Å²) < 4.78 is 12.6. The number of nitrogens with zero attached hydrogens (tertiary/aromatic N) is 3. The number of hydrogen-bond acceptors (Lipinski definition) is 7. The monoisotopic (exact) mass is 360 g/mol. The first kappa shape index (κ1) is 15.5. The third-order valence-electron chi connectivity index (χ3n) is 2.72. The summed E-state index contributed by atoms with van der Waals surface area (Å²) in [5.41, 5.74) is 17.8. The molecule has 1 amide bonds. The Kier molecular flexibility index (Phi) is 4.97. The number of anilines is 2. The fraction of sp³-hybridized carbons (Fsp3) is 0.364. The van der Waals surface area contributed by atoms with Crippen molar-refractivity contribution in [1.29, 1.82) is 0 Å². The van der Waals surface area contributed by atoms with E-state index in [9.17, 15) is 4.79 Å². The molecule has 0 atom stereocenters. The van der Waals surface area contributed by atoms with E-state index in [0.717, 1.165) is 0 Å². The van der Waals surface area contributed by atoms with Gasteiger partial charge in [-0.05, 0) is 0 Å². The summed E-state index contributed by atoms with van der Waals surface area (Å²) in [5.74, 6) is 0.633. The van der Waals surface area contributed by atoms with Gasteiger partial charge in [0.25, 0.3) is 0 Å². The third kappa shape index (κ3) is 3.24. The van der Waals surface area contributed by atoms with Gasteiger partial charge in [0.15, 0.2) is 0 Å². The van der Waals surface area contributed by atoms with Gasteiger partial charge < -0.3 is 0 Å². The van der Waals surface area contributed by atoms with Crippen LogP contribution < -0.4 is 21.7 Å². The van der Waals surface area contributed by atoms with Gasteiger partial charge in [-0.25, -0.2) is 0 Å². The van der Waals surface area contributed by atoms with E-state index in [0.29, 0.717) is 34.5 Å². The van der Waals surface area contributed by atoms with Crippen molar-refractivity contribution in [3.05, 3.63) is 6.33 Å². The van der Waals surface area contributed by atoms with Crippen LogP contribution in [0.2, 0.25) is 0 Å². The fourth-order valence-corrected chi connectivity index (χ4v) is 3.31. The molecule has 0 radical (unpaired) electrons. The minimum absolute atomic E-state index is 0.178. The van der Waals surface area contributed by atoms with Gasteiger partial charge in [-0.2, -0.15) is 0 Å². The second-order valence-electron chi connectivity index (χ2n) is 4.05. The first-order valence-corrected chi connectivity index (χ1v) is 7.69. The molecule has 0 aliphatic heterocycles. The summed E-state index contributed by atoms with van der Waals surface area (Å²) in [6.07, 6.45) is 1.34. The molecule has 6 N–H and O–H groups in total. The summed E-state index contributed by atoms with van der Waals surface area (Å²) in [6, 6.07) is 0. The van der Waals surface area contributed by atoms with Crippen LogP contribution in [0.4, 0.5) is 16.4 Å². The maximum atomic E-state index is 11.2. The normalized spacial score (nSPS) is 11.1. The fourth-order valence-electron chi connectivity index (χ4n) is 1.81. The van der Waals surface area contributed by atoms with Crippen molar-refractivity contribution in [2.75, 3.05) is 31.8 Å². The number of carbonyl (C=O) groups excluding carboxylic acids is 1. The number of carbonyl (C=O) groups is 1. The van der Waals surface area contributed by atoms with Crippen molar-refractivity contribution in [3.63, 3.8) is 0 Å². The number of primary amides is 1. The Morgan fingerprint density at radius 1 is 1.38 bits per heavy atom. The van der Waals surface area contributed by atoms with Crippen molar-refractivity contribution in [2.45, 2.75) is 6.73 Å². The minimum atomic E-state index is -0.654. The molecule has 0 aromatic carbocycles. The standard InChI is InChI=1S/C11H16N6O3Se/c1-19-2-3-20-5-17-9(13)7(21-11(14)18)6-8(12)15-4-16-10(6)17/h4H,2-3,5,13H2,1H3,(H2,14,18)(H2,12,15,16). The molecule has 2 heterocycles. The van der Waals surface area contributed by atoms with E-state index in [1.54, 1.807) is 11.7 Å². The Balaban J connectivity index is 2.42. The average Bonchev–Trinajstić information content (AvgIpc) is 2.69. The Labute approximate surface area is 126 Å². The zero-order valence-corrected chi connectivity index (χ0v) is 13.1. The number of methoxy groups -OCH3 is 1. The van der Waals surface area contributed by atoms with Gasteiger partial charge in [-0.3, -0.25) is 0 Å². The van der Waals surface area contributed by atoms with Gasteiger partial charge in [-0.15, -0.1) is 0 Å². The molecule has 0 fully saturated rings. The summed E-state index contributed by atoms with van der Waals surface area (Å²) in [7, 11) is 1.59. The topological polar surface area (TPSA) is 144 Å². The SMILES string of the molecule is COCCOCn1c(N)c([Se]C(N)=O)c2c(N)ncnc21. The summed E-state index contributed by atoms with van der Waals surface area (Å²) in [5, 5.41) is 0.559. The van der Waals surface area contributed by atoms with E-state index >= 15 is 0 Å². The van der Waals surface area contributed by atoms with Crippen molar-refractivity contribution >= 4 is 46.9 Å². The van der Waals surface area contributed by atoms with Crippen molar-refractivity contribution < 1.29 is 14.3 Å². The van der Waals surface area contributed by atoms with Crippen LogP contribution in [0.5, 0.6) is 0 Å². The van der Waals surface area contributed by atoms with Crippen LogP contribution in [-0.4, -0.2) is 54.6 Å². The number of amides is 1. The average molecular weight is 359 g/mol. The van der Waals surface area contributed by atoms with Gasteiger partial charge in [0, 0.05) is 0 Å². The van der Waals surface area contributed by atoms with Gasteiger partial charge >= 0.3 is 126 Å². The van der Waals surface area contributed by atoms with Crippen molar-refractivity contribution in [2.24, 2.45) is 5.73 Å². The molecule has 21 heavy (non-hydrogen) atoms. The Morgan fingerprint density at radius 3 is 2.81 bits per heavy atom. The molecule has 0 unspecified atom stereocenters. The second kappa shape index (κ2) is 6.72.